The number of ether oxygens (including phenoxy) is 2. The molecule has 2 rings (SSSR count). The maximum absolute atomic E-state index is 12.0. The summed E-state index contributed by atoms with van der Waals surface area (Å²) in [6.07, 6.45) is 0. The Balaban J connectivity index is 2.52. The molecule has 0 saturated heterocycles. The lowest BCUT2D eigenvalue weighted by Crippen LogP contribution is -2.44. The van der Waals surface area contributed by atoms with Gasteiger partial charge in [0.2, 0.25) is 0 Å². The van der Waals surface area contributed by atoms with Gasteiger partial charge in [-0.1, -0.05) is 11.6 Å². The van der Waals surface area contributed by atoms with Crippen molar-refractivity contribution in [1.82, 2.24) is 10.6 Å². The van der Waals surface area contributed by atoms with Gasteiger partial charge in [-0.3, -0.25) is 4.79 Å². The lowest BCUT2D eigenvalue weighted by molar-refractivity contribution is -0.307. The van der Waals surface area contributed by atoms with E-state index in [0.29, 0.717) is 16.8 Å². The van der Waals surface area contributed by atoms with E-state index >= 15 is 0 Å². The van der Waals surface area contributed by atoms with E-state index in [4.69, 9.17) is 21.1 Å². The molecule has 1 aliphatic heterocycles. The van der Waals surface area contributed by atoms with Crippen molar-refractivity contribution in [3.63, 3.8) is 0 Å². The van der Waals surface area contributed by atoms with Gasteiger partial charge in [-0.05, 0) is 38.5 Å². The third-order valence-corrected chi connectivity index (χ3v) is 3.93. The molecule has 140 valence electrons. The smallest absolute Gasteiger partial charge is 0.319 e. The van der Waals surface area contributed by atoms with E-state index in [-0.39, 0.29) is 28.9 Å². The number of urea groups is 1. The summed E-state index contributed by atoms with van der Waals surface area (Å²) in [4.78, 5) is 34.5. The number of benzene rings is 1. The van der Waals surface area contributed by atoms with Gasteiger partial charge in [0.25, 0.3) is 0 Å². The van der Waals surface area contributed by atoms with Crippen molar-refractivity contribution in [3.05, 3.63) is 34.0 Å². The number of hydrogen-bond donors (Lipinski definition) is 2. The largest absolute Gasteiger partial charge is 0.546 e. The molecule has 2 N–H and O–H groups in total. The first-order valence-electron chi connectivity index (χ1n) is 7.82. The zero-order valence-electron chi connectivity index (χ0n) is 14.5. The van der Waals surface area contributed by atoms with Crippen molar-refractivity contribution in [2.24, 2.45) is 0 Å². The van der Waals surface area contributed by atoms with Crippen LogP contribution in [0.3, 0.4) is 0 Å². The van der Waals surface area contributed by atoms with Crippen LogP contribution in [-0.4, -0.2) is 31.0 Å². The highest BCUT2D eigenvalue weighted by Crippen LogP contribution is 2.40. The second-order valence-electron chi connectivity index (χ2n) is 5.55. The van der Waals surface area contributed by atoms with E-state index in [2.05, 4.69) is 10.6 Å². The quantitative estimate of drug-likeness (QED) is 0.730. The van der Waals surface area contributed by atoms with Gasteiger partial charge in [-0.15, -0.1) is 0 Å². The van der Waals surface area contributed by atoms with Crippen molar-refractivity contribution in [2.45, 2.75) is 26.8 Å². The summed E-state index contributed by atoms with van der Waals surface area (Å²) < 4.78 is 10.6. The number of carbonyl (C=O) groups excluding carboxylic acids is 3. The fourth-order valence-corrected chi connectivity index (χ4v) is 2.97. The van der Waals surface area contributed by atoms with Crippen molar-refractivity contribution < 1.29 is 29.0 Å². The fourth-order valence-electron chi connectivity index (χ4n) is 2.70. The molecule has 9 heteroatoms. The number of ketones is 1. The van der Waals surface area contributed by atoms with E-state index in [9.17, 15) is 19.5 Å². The van der Waals surface area contributed by atoms with Gasteiger partial charge in [-0.2, -0.15) is 0 Å². The number of carboxylic acids is 1. The summed E-state index contributed by atoms with van der Waals surface area (Å²) >= 11 is 6.23. The molecular formula is C17H18ClN2O6-. The minimum Gasteiger partial charge on any atom is -0.546 e. The Bertz CT molecular complexity index is 790. The number of carbonyl (C=O) groups is 3. The van der Waals surface area contributed by atoms with Crippen LogP contribution in [0.1, 0.15) is 32.4 Å². The molecule has 0 spiro atoms. The minimum atomic E-state index is -1.41. The lowest BCUT2D eigenvalue weighted by Gasteiger charge is -2.28. The molecule has 0 fully saturated rings. The first-order valence-corrected chi connectivity index (χ1v) is 8.20. The highest BCUT2D eigenvalue weighted by Gasteiger charge is 2.30. The number of carboxylic acid groups (broad SMARTS) is 1. The van der Waals surface area contributed by atoms with Gasteiger partial charge < -0.3 is 30.0 Å². The number of rotatable bonds is 7. The second-order valence-corrected chi connectivity index (χ2v) is 5.96. The Kier molecular flexibility index (Phi) is 6.10. The van der Waals surface area contributed by atoms with Crippen molar-refractivity contribution in [1.29, 1.82) is 0 Å². The van der Waals surface area contributed by atoms with Crippen LogP contribution < -0.4 is 25.2 Å². The van der Waals surface area contributed by atoms with Crippen LogP contribution >= 0.6 is 11.6 Å². The zero-order valence-corrected chi connectivity index (χ0v) is 15.2. The van der Waals surface area contributed by atoms with Crippen molar-refractivity contribution in [2.75, 3.05) is 13.2 Å². The average Bonchev–Trinajstić information content (AvgIpc) is 2.52. The monoisotopic (exact) mass is 381 g/mol. The van der Waals surface area contributed by atoms with Crippen LogP contribution in [0, 0.1) is 0 Å². The topological polar surface area (TPSA) is 117 Å². The highest BCUT2D eigenvalue weighted by molar-refractivity contribution is 6.32. The van der Waals surface area contributed by atoms with Crippen LogP contribution in [0.15, 0.2) is 23.4 Å². The molecule has 0 aromatic heterocycles. The molecule has 1 aromatic carbocycles. The van der Waals surface area contributed by atoms with Crippen molar-refractivity contribution in [3.8, 4) is 11.5 Å². The molecule has 26 heavy (non-hydrogen) atoms. The predicted octanol–water partition coefficient (Wildman–Crippen LogP) is 1.08. The number of amides is 2. The summed E-state index contributed by atoms with van der Waals surface area (Å²) in [7, 11) is 0. The summed E-state index contributed by atoms with van der Waals surface area (Å²) in [6, 6.07) is 1.85. The molecule has 2 amide bonds. The Morgan fingerprint density at radius 1 is 1.31 bits per heavy atom. The van der Waals surface area contributed by atoms with Gasteiger partial charge >= 0.3 is 6.03 Å². The van der Waals surface area contributed by atoms with E-state index in [1.165, 1.54) is 13.0 Å². The molecule has 1 heterocycles. The van der Waals surface area contributed by atoms with Crippen LogP contribution in [0.2, 0.25) is 5.02 Å². The average molecular weight is 382 g/mol. The Morgan fingerprint density at radius 2 is 2.00 bits per heavy atom. The third-order valence-electron chi connectivity index (χ3n) is 3.65. The van der Waals surface area contributed by atoms with Gasteiger partial charge in [0.1, 0.15) is 6.61 Å². The molecule has 8 nitrogen and oxygen atoms in total. The molecule has 0 unspecified atom stereocenters. The highest BCUT2D eigenvalue weighted by atomic mass is 35.5. The maximum atomic E-state index is 12.0. The summed E-state index contributed by atoms with van der Waals surface area (Å²) in [5.41, 5.74) is 1.32. The van der Waals surface area contributed by atoms with E-state index in [1.807, 2.05) is 0 Å². The summed E-state index contributed by atoms with van der Waals surface area (Å²) in [6.45, 7) is 4.34. The minimum absolute atomic E-state index is 0.0480. The second kappa shape index (κ2) is 8.09. The first kappa shape index (κ1) is 19.6. The molecule has 1 aromatic rings. The van der Waals surface area contributed by atoms with Crippen LogP contribution in [0.25, 0.3) is 0 Å². The van der Waals surface area contributed by atoms with Crippen LogP contribution in [0.4, 0.5) is 4.79 Å². The molecule has 0 aliphatic carbocycles. The Labute approximate surface area is 155 Å². The van der Waals surface area contributed by atoms with Gasteiger partial charge in [0.15, 0.2) is 17.3 Å². The van der Waals surface area contributed by atoms with Gasteiger partial charge in [-0.25, -0.2) is 4.79 Å². The first-order chi connectivity index (χ1) is 12.2. The zero-order chi connectivity index (χ0) is 19.4. The molecule has 0 radical (unpaired) electrons. The summed E-state index contributed by atoms with van der Waals surface area (Å²) in [5, 5.41) is 16.0. The Morgan fingerprint density at radius 3 is 2.58 bits per heavy atom. The van der Waals surface area contributed by atoms with E-state index in [0.717, 1.165) is 0 Å². The number of allylic oxidation sites excluding steroid dienone is 1. The number of hydrogen-bond acceptors (Lipinski definition) is 6. The third kappa shape index (κ3) is 4.26. The summed E-state index contributed by atoms with van der Waals surface area (Å²) in [5.74, 6) is -1.38. The van der Waals surface area contributed by atoms with Gasteiger partial charge in [0, 0.05) is 11.3 Å². The number of aliphatic carboxylic acids is 1. The number of halogens is 1. The molecule has 1 aliphatic rings. The predicted molar refractivity (Wildman–Crippen MR) is 90.9 cm³/mol. The van der Waals surface area contributed by atoms with Crippen LogP contribution in [-0.2, 0) is 9.59 Å². The van der Waals surface area contributed by atoms with E-state index < -0.39 is 24.6 Å². The standard InChI is InChI=1S/C17H19ClN2O6/c1-4-25-12-6-10(5-11(18)16(12)26-7-13(22)23)15-14(9(3)21)8(2)19-17(24)20-15/h5-6,15H,4,7H2,1-3H3,(H,22,23)(H2,19,20,24)/p-1/t15-/m1/s1. The van der Waals surface area contributed by atoms with Crippen molar-refractivity contribution >= 4 is 29.4 Å². The number of Topliss-reactive ketones (excluding diaryl/α,β-unsaturated/α-hetero) is 1. The lowest BCUT2D eigenvalue weighted by atomic mass is 9.93. The van der Waals surface area contributed by atoms with Crippen LogP contribution in [0.5, 0.6) is 11.5 Å². The fraction of sp³-hybridized carbons (Fsp3) is 0.353. The van der Waals surface area contributed by atoms with E-state index in [1.54, 1.807) is 19.9 Å². The normalized spacial score (nSPS) is 16.6. The molecule has 0 bridgehead atoms. The molecular weight excluding hydrogens is 364 g/mol. The molecule has 0 saturated carbocycles. The molecule has 1 atom stereocenters. The Hall–Kier alpha value is -2.74. The SMILES string of the molecule is CCOc1cc([C@H]2NC(=O)NC(C)=C2C(C)=O)cc(Cl)c1OCC(=O)[O-]. The maximum Gasteiger partial charge on any atom is 0.319 e. The van der Waals surface area contributed by atoms with Gasteiger partial charge in [0.05, 0.1) is 23.6 Å². The number of nitrogens with one attached hydrogen (secondary N) is 2.